The number of hydrogen-bond acceptors (Lipinski definition) is 5. The number of benzene rings is 1. The van der Waals surface area contributed by atoms with E-state index in [0.717, 1.165) is 0 Å². The van der Waals surface area contributed by atoms with Gasteiger partial charge in [-0.25, -0.2) is 0 Å². The summed E-state index contributed by atoms with van der Waals surface area (Å²) in [5.41, 5.74) is 12.0. The van der Waals surface area contributed by atoms with Crippen molar-refractivity contribution in [2.45, 2.75) is 18.6 Å². The molecule has 0 saturated carbocycles. The SMILES string of the molecule is COc1cc(N)cc(C(O)C(O)CCN)c1. The van der Waals surface area contributed by atoms with Gasteiger partial charge in [0.15, 0.2) is 0 Å². The highest BCUT2D eigenvalue weighted by molar-refractivity contribution is 5.48. The number of methoxy groups -OCH3 is 1. The Morgan fingerprint density at radius 2 is 2.00 bits per heavy atom. The van der Waals surface area contributed by atoms with Crippen LogP contribution in [-0.2, 0) is 0 Å². The lowest BCUT2D eigenvalue weighted by Gasteiger charge is -2.18. The lowest BCUT2D eigenvalue weighted by atomic mass is 10.0. The summed E-state index contributed by atoms with van der Waals surface area (Å²) >= 11 is 0. The van der Waals surface area contributed by atoms with Crippen molar-refractivity contribution < 1.29 is 14.9 Å². The fraction of sp³-hybridized carbons (Fsp3) is 0.455. The molecule has 2 atom stereocenters. The number of rotatable bonds is 5. The molecule has 0 bridgehead atoms. The molecule has 0 aliphatic carbocycles. The Hall–Kier alpha value is -1.30. The molecule has 0 radical (unpaired) electrons. The molecule has 0 saturated heterocycles. The molecule has 1 aromatic rings. The molecule has 5 nitrogen and oxygen atoms in total. The maximum atomic E-state index is 9.85. The van der Waals surface area contributed by atoms with Gasteiger partial charge in [0.25, 0.3) is 0 Å². The maximum Gasteiger partial charge on any atom is 0.121 e. The van der Waals surface area contributed by atoms with Crippen LogP contribution in [0.15, 0.2) is 18.2 Å². The van der Waals surface area contributed by atoms with Crippen LogP contribution in [0, 0.1) is 0 Å². The fourth-order valence-electron chi connectivity index (χ4n) is 1.49. The molecule has 0 aliphatic rings. The summed E-state index contributed by atoms with van der Waals surface area (Å²) in [4.78, 5) is 0. The molecule has 0 fully saturated rings. The van der Waals surface area contributed by atoms with Crippen molar-refractivity contribution in [3.05, 3.63) is 23.8 Å². The zero-order chi connectivity index (χ0) is 12.1. The zero-order valence-corrected chi connectivity index (χ0v) is 9.26. The van der Waals surface area contributed by atoms with E-state index < -0.39 is 12.2 Å². The summed E-state index contributed by atoms with van der Waals surface area (Å²) in [6, 6.07) is 4.89. The van der Waals surface area contributed by atoms with E-state index in [2.05, 4.69) is 0 Å². The number of aliphatic hydroxyl groups is 2. The van der Waals surface area contributed by atoms with Gasteiger partial charge in [-0.15, -0.1) is 0 Å². The van der Waals surface area contributed by atoms with Gasteiger partial charge in [-0.05, 0) is 30.7 Å². The first kappa shape index (κ1) is 12.8. The van der Waals surface area contributed by atoms with E-state index in [1.54, 1.807) is 18.2 Å². The molecule has 0 aliphatic heterocycles. The minimum atomic E-state index is -0.999. The van der Waals surface area contributed by atoms with Crippen LogP contribution in [0.5, 0.6) is 5.75 Å². The summed E-state index contributed by atoms with van der Waals surface area (Å²) < 4.78 is 5.03. The smallest absolute Gasteiger partial charge is 0.121 e. The van der Waals surface area contributed by atoms with E-state index in [4.69, 9.17) is 16.2 Å². The summed E-state index contributed by atoms with van der Waals surface area (Å²) in [7, 11) is 1.52. The quantitative estimate of drug-likeness (QED) is 0.530. The Morgan fingerprint density at radius 1 is 1.31 bits per heavy atom. The van der Waals surface area contributed by atoms with Crippen LogP contribution >= 0.6 is 0 Å². The van der Waals surface area contributed by atoms with E-state index in [-0.39, 0.29) is 0 Å². The van der Waals surface area contributed by atoms with Crippen LogP contribution in [0.3, 0.4) is 0 Å². The Labute approximate surface area is 94.6 Å². The third-order valence-corrected chi connectivity index (χ3v) is 2.36. The molecule has 5 heteroatoms. The van der Waals surface area contributed by atoms with Gasteiger partial charge in [-0.1, -0.05) is 0 Å². The van der Waals surface area contributed by atoms with Crippen LogP contribution in [0.2, 0.25) is 0 Å². The van der Waals surface area contributed by atoms with Gasteiger partial charge in [0.2, 0.25) is 0 Å². The number of ether oxygens (including phenoxy) is 1. The Balaban J connectivity index is 2.89. The molecule has 0 heterocycles. The molecule has 0 amide bonds. The molecule has 0 spiro atoms. The molecule has 16 heavy (non-hydrogen) atoms. The predicted molar refractivity (Wildman–Crippen MR) is 62.0 cm³/mol. The van der Waals surface area contributed by atoms with Crippen molar-refractivity contribution in [3.8, 4) is 5.75 Å². The van der Waals surface area contributed by atoms with Crippen molar-refractivity contribution in [2.75, 3.05) is 19.4 Å². The minimum Gasteiger partial charge on any atom is -0.497 e. The van der Waals surface area contributed by atoms with Gasteiger partial charge in [-0.3, -0.25) is 0 Å². The van der Waals surface area contributed by atoms with Crippen LogP contribution in [0.4, 0.5) is 5.69 Å². The number of nitrogen functional groups attached to an aromatic ring is 1. The van der Waals surface area contributed by atoms with E-state index >= 15 is 0 Å². The molecule has 6 N–H and O–H groups in total. The monoisotopic (exact) mass is 226 g/mol. The van der Waals surface area contributed by atoms with Crippen LogP contribution < -0.4 is 16.2 Å². The van der Waals surface area contributed by atoms with E-state index in [9.17, 15) is 10.2 Å². The van der Waals surface area contributed by atoms with Crippen molar-refractivity contribution >= 4 is 5.69 Å². The second-order valence-electron chi connectivity index (χ2n) is 3.63. The average Bonchev–Trinajstić information content (AvgIpc) is 2.27. The summed E-state index contributed by atoms with van der Waals surface area (Å²) in [6.45, 7) is 0.317. The lowest BCUT2D eigenvalue weighted by Crippen LogP contribution is -2.21. The second-order valence-corrected chi connectivity index (χ2v) is 3.63. The Bertz CT molecular complexity index is 344. The third-order valence-electron chi connectivity index (χ3n) is 2.36. The van der Waals surface area contributed by atoms with E-state index in [1.807, 2.05) is 0 Å². The molecule has 0 aromatic heterocycles. The number of nitrogens with two attached hydrogens (primary N) is 2. The average molecular weight is 226 g/mol. The first-order chi connectivity index (χ1) is 7.58. The molecule has 2 unspecified atom stereocenters. The molecule has 90 valence electrons. The van der Waals surface area contributed by atoms with Gasteiger partial charge in [0.1, 0.15) is 11.9 Å². The highest BCUT2D eigenvalue weighted by Gasteiger charge is 2.18. The van der Waals surface area contributed by atoms with Crippen molar-refractivity contribution in [3.63, 3.8) is 0 Å². The number of anilines is 1. The summed E-state index contributed by atoms with van der Waals surface area (Å²) in [5, 5.41) is 19.5. The number of hydrogen-bond donors (Lipinski definition) is 4. The third kappa shape index (κ3) is 3.10. The van der Waals surface area contributed by atoms with Crippen molar-refractivity contribution in [2.24, 2.45) is 5.73 Å². The van der Waals surface area contributed by atoms with Crippen LogP contribution in [0.25, 0.3) is 0 Å². The largest absolute Gasteiger partial charge is 0.497 e. The maximum absolute atomic E-state index is 9.85. The first-order valence-corrected chi connectivity index (χ1v) is 5.09. The topological polar surface area (TPSA) is 102 Å². The summed E-state index contributed by atoms with van der Waals surface area (Å²) in [6.07, 6.45) is -1.56. The van der Waals surface area contributed by atoms with Gasteiger partial charge in [0.05, 0.1) is 13.2 Å². The van der Waals surface area contributed by atoms with E-state index in [0.29, 0.717) is 30.0 Å². The second kappa shape index (κ2) is 5.69. The van der Waals surface area contributed by atoms with Crippen molar-refractivity contribution in [1.82, 2.24) is 0 Å². The minimum absolute atomic E-state index is 0.317. The molecular weight excluding hydrogens is 208 g/mol. The van der Waals surface area contributed by atoms with E-state index in [1.165, 1.54) is 7.11 Å². The normalized spacial score (nSPS) is 14.5. The van der Waals surface area contributed by atoms with Gasteiger partial charge in [-0.2, -0.15) is 0 Å². The van der Waals surface area contributed by atoms with Crippen LogP contribution in [-0.4, -0.2) is 30.0 Å². The zero-order valence-electron chi connectivity index (χ0n) is 9.26. The molecule has 1 rings (SSSR count). The van der Waals surface area contributed by atoms with Crippen LogP contribution in [0.1, 0.15) is 18.1 Å². The summed E-state index contributed by atoms with van der Waals surface area (Å²) in [5.74, 6) is 0.550. The predicted octanol–water partition coefficient (Wildman–Crippen LogP) is 0.0205. The first-order valence-electron chi connectivity index (χ1n) is 5.09. The highest BCUT2D eigenvalue weighted by atomic mass is 16.5. The Morgan fingerprint density at radius 3 is 2.56 bits per heavy atom. The standard InChI is InChI=1S/C11H18N2O3/c1-16-9-5-7(4-8(13)6-9)11(15)10(14)2-3-12/h4-6,10-11,14-15H,2-3,12-13H2,1H3. The van der Waals surface area contributed by atoms with Gasteiger partial charge >= 0.3 is 0 Å². The fourth-order valence-corrected chi connectivity index (χ4v) is 1.49. The molecular formula is C11H18N2O3. The van der Waals surface area contributed by atoms with Gasteiger partial charge < -0.3 is 26.4 Å². The van der Waals surface area contributed by atoms with Crippen molar-refractivity contribution in [1.29, 1.82) is 0 Å². The highest BCUT2D eigenvalue weighted by Crippen LogP contribution is 2.25. The number of aliphatic hydroxyl groups excluding tert-OH is 2. The Kier molecular flexibility index (Phi) is 4.54. The molecule has 1 aromatic carbocycles. The lowest BCUT2D eigenvalue weighted by molar-refractivity contribution is 0.0149. The van der Waals surface area contributed by atoms with Gasteiger partial charge in [0, 0.05) is 11.8 Å².